The van der Waals surface area contributed by atoms with Gasteiger partial charge in [-0.25, -0.2) is 0 Å². The van der Waals surface area contributed by atoms with Crippen LogP contribution in [0, 0.1) is 5.92 Å². The highest BCUT2D eigenvalue weighted by Gasteiger charge is 2.49. The van der Waals surface area contributed by atoms with Gasteiger partial charge < -0.3 is 10.8 Å². The van der Waals surface area contributed by atoms with E-state index in [-0.39, 0.29) is 5.54 Å². The summed E-state index contributed by atoms with van der Waals surface area (Å²) in [5.74, 6) is 2.87. The smallest absolute Gasteiger partial charge is 0.0829 e. The van der Waals surface area contributed by atoms with Crippen molar-refractivity contribution in [2.45, 2.75) is 56.6 Å². The first-order chi connectivity index (χ1) is 7.06. The molecule has 1 aliphatic heterocycles. The van der Waals surface area contributed by atoms with Gasteiger partial charge in [-0.3, -0.25) is 0 Å². The summed E-state index contributed by atoms with van der Waals surface area (Å²) >= 11 is 1.97. The molecule has 0 radical (unpaired) electrons. The van der Waals surface area contributed by atoms with Crippen LogP contribution >= 0.6 is 11.8 Å². The number of hydrogen-bond acceptors (Lipinski definition) is 3. The lowest BCUT2D eigenvalue weighted by Gasteiger charge is -2.50. The first kappa shape index (κ1) is 11.7. The first-order valence-corrected chi connectivity index (χ1v) is 7.30. The number of thioether (sulfide) groups is 1. The zero-order chi connectivity index (χ0) is 10.9. The second kappa shape index (κ2) is 4.27. The summed E-state index contributed by atoms with van der Waals surface area (Å²) in [5.41, 5.74) is 5.59. The maximum atomic E-state index is 10.8. The van der Waals surface area contributed by atoms with Crippen LogP contribution in [0.5, 0.6) is 0 Å². The maximum absolute atomic E-state index is 10.8. The Labute approximate surface area is 97.0 Å². The van der Waals surface area contributed by atoms with Crippen molar-refractivity contribution >= 4 is 11.8 Å². The third-order valence-electron chi connectivity index (χ3n) is 4.29. The largest absolute Gasteiger partial charge is 0.388 e. The molecule has 2 fully saturated rings. The summed E-state index contributed by atoms with van der Waals surface area (Å²) in [6.45, 7) is 2.24. The average Bonchev–Trinajstić information content (AvgIpc) is 2.18. The minimum Gasteiger partial charge on any atom is -0.388 e. The SMILES string of the molecule is CC1CCCC(O)(C2(N)CCSCC2)C1. The highest BCUT2D eigenvalue weighted by Crippen LogP contribution is 2.43. The number of aliphatic hydroxyl groups is 1. The van der Waals surface area contributed by atoms with Crippen molar-refractivity contribution in [1.82, 2.24) is 0 Å². The molecule has 0 aromatic rings. The second-order valence-corrected chi connectivity index (χ2v) is 6.73. The molecule has 2 nitrogen and oxygen atoms in total. The first-order valence-electron chi connectivity index (χ1n) is 6.15. The molecule has 2 unspecified atom stereocenters. The molecule has 0 spiro atoms. The zero-order valence-electron chi connectivity index (χ0n) is 9.67. The summed E-state index contributed by atoms with van der Waals surface area (Å²) in [6.07, 6.45) is 6.20. The van der Waals surface area contributed by atoms with E-state index < -0.39 is 5.60 Å². The van der Waals surface area contributed by atoms with Crippen molar-refractivity contribution in [3.8, 4) is 0 Å². The van der Waals surface area contributed by atoms with E-state index >= 15 is 0 Å². The fourth-order valence-electron chi connectivity index (χ4n) is 3.18. The van der Waals surface area contributed by atoms with E-state index in [0.29, 0.717) is 5.92 Å². The van der Waals surface area contributed by atoms with E-state index in [1.165, 1.54) is 6.42 Å². The third kappa shape index (κ3) is 2.20. The molecule has 2 rings (SSSR count). The van der Waals surface area contributed by atoms with Crippen molar-refractivity contribution in [1.29, 1.82) is 0 Å². The summed E-state index contributed by atoms with van der Waals surface area (Å²) in [4.78, 5) is 0. The van der Waals surface area contributed by atoms with Crippen molar-refractivity contribution in [2.75, 3.05) is 11.5 Å². The van der Waals surface area contributed by atoms with E-state index in [1.54, 1.807) is 0 Å². The predicted octanol–water partition coefficient (Wildman–Crippen LogP) is 2.15. The topological polar surface area (TPSA) is 46.2 Å². The van der Waals surface area contributed by atoms with Gasteiger partial charge in [0.25, 0.3) is 0 Å². The van der Waals surface area contributed by atoms with Gasteiger partial charge in [-0.1, -0.05) is 19.8 Å². The molecule has 1 heterocycles. The molecule has 1 aliphatic carbocycles. The molecule has 88 valence electrons. The molecule has 0 aromatic carbocycles. The van der Waals surface area contributed by atoms with Gasteiger partial charge >= 0.3 is 0 Å². The molecule has 2 aliphatic rings. The van der Waals surface area contributed by atoms with Gasteiger partial charge in [0.05, 0.1) is 5.60 Å². The van der Waals surface area contributed by atoms with Gasteiger partial charge in [-0.15, -0.1) is 0 Å². The zero-order valence-corrected chi connectivity index (χ0v) is 10.5. The molecule has 2 atom stereocenters. The summed E-state index contributed by atoms with van der Waals surface area (Å²) in [7, 11) is 0. The van der Waals surface area contributed by atoms with Crippen molar-refractivity contribution in [3.05, 3.63) is 0 Å². The summed E-state index contributed by atoms with van der Waals surface area (Å²) in [6, 6.07) is 0. The molecule has 3 N–H and O–H groups in total. The van der Waals surface area contributed by atoms with Crippen molar-refractivity contribution < 1.29 is 5.11 Å². The Hall–Kier alpha value is 0.270. The lowest BCUT2D eigenvalue weighted by atomic mass is 9.66. The van der Waals surface area contributed by atoms with E-state index in [4.69, 9.17) is 5.73 Å². The molecular formula is C12H23NOS. The Morgan fingerprint density at radius 1 is 1.27 bits per heavy atom. The number of rotatable bonds is 1. The highest BCUT2D eigenvalue weighted by molar-refractivity contribution is 7.99. The minimum absolute atomic E-state index is 0.299. The molecule has 0 aromatic heterocycles. The van der Waals surface area contributed by atoms with Crippen LogP contribution in [0.25, 0.3) is 0 Å². The number of hydrogen-bond donors (Lipinski definition) is 2. The van der Waals surface area contributed by atoms with Gasteiger partial charge in [-0.05, 0) is 43.1 Å². The molecule has 3 heteroatoms. The van der Waals surface area contributed by atoms with E-state index in [2.05, 4.69) is 6.92 Å². The normalized spacial score (nSPS) is 41.4. The highest BCUT2D eigenvalue weighted by atomic mass is 32.2. The van der Waals surface area contributed by atoms with Crippen LogP contribution in [0.3, 0.4) is 0 Å². The second-order valence-electron chi connectivity index (χ2n) is 5.50. The molecule has 1 saturated heterocycles. The summed E-state index contributed by atoms with van der Waals surface area (Å²) < 4.78 is 0. The lowest BCUT2D eigenvalue weighted by molar-refractivity contribution is -0.0802. The van der Waals surface area contributed by atoms with Gasteiger partial charge in [0.1, 0.15) is 0 Å². The standard InChI is InChI=1S/C12H23NOS/c1-10-3-2-4-12(14,9-10)11(13)5-7-15-8-6-11/h10,14H,2-9,13H2,1H3. The molecule has 0 amide bonds. The fourth-order valence-corrected chi connectivity index (χ4v) is 4.40. The van der Waals surface area contributed by atoms with Crippen LogP contribution < -0.4 is 5.73 Å². The fraction of sp³-hybridized carbons (Fsp3) is 1.00. The third-order valence-corrected chi connectivity index (χ3v) is 5.27. The van der Waals surface area contributed by atoms with Gasteiger partial charge in [-0.2, -0.15) is 11.8 Å². The lowest BCUT2D eigenvalue weighted by Crippen LogP contribution is -2.63. The van der Waals surface area contributed by atoms with Gasteiger partial charge in [0.15, 0.2) is 0 Å². The molecule has 15 heavy (non-hydrogen) atoms. The van der Waals surface area contributed by atoms with Gasteiger partial charge in [0, 0.05) is 5.54 Å². The Bertz CT molecular complexity index is 228. The Morgan fingerprint density at radius 2 is 1.93 bits per heavy atom. The van der Waals surface area contributed by atoms with Crippen LogP contribution in [0.1, 0.15) is 45.4 Å². The van der Waals surface area contributed by atoms with E-state index in [9.17, 15) is 5.11 Å². The van der Waals surface area contributed by atoms with Crippen molar-refractivity contribution in [2.24, 2.45) is 11.7 Å². The van der Waals surface area contributed by atoms with Crippen LogP contribution in [-0.4, -0.2) is 27.8 Å². The number of nitrogens with two attached hydrogens (primary N) is 1. The van der Waals surface area contributed by atoms with Crippen molar-refractivity contribution in [3.63, 3.8) is 0 Å². The van der Waals surface area contributed by atoms with Crippen LogP contribution in [0.2, 0.25) is 0 Å². The Morgan fingerprint density at radius 3 is 2.53 bits per heavy atom. The monoisotopic (exact) mass is 229 g/mol. The quantitative estimate of drug-likeness (QED) is 0.724. The van der Waals surface area contributed by atoms with Gasteiger partial charge in [0.2, 0.25) is 0 Å². The van der Waals surface area contributed by atoms with Crippen LogP contribution in [0.15, 0.2) is 0 Å². The Balaban J connectivity index is 2.11. The van der Waals surface area contributed by atoms with E-state index in [0.717, 1.165) is 43.6 Å². The molecule has 0 bridgehead atoms. The Kier molecular flexibility index (Phi) is 3.34. The molecular weight excluding hydrogens is 206 g/mol. The summed E-state index contributed by atoms with van der Waals surface area (Å²) in [5, 5.41) is 10.8. The average molecular weight is 229 g/mol. The van der Waals surface area contributed by atoms with Crippen LogP contribution in [-0.2, 0) is 0 Å². The maximum Gasteiger partial charge on any atom is 0.0829 e. The van der Waals surface area contributed by atoms with Crippen LogP contribution in [0.4, 0.5) is 0 Å². The predicted molar refractivity (Wildman–Crippen MR) is 66.1 cm³/mol. The minimum atomic E-state index is -0.578. The molecule has 1 saturated carbocycles. The van der Waals surface area contributed by atoms with E-state index in [1.807, 2.05) is 11.8 Å².